The summed E-state index contributed by atoms with van der Waals surface area (Å²) in [6.07, 6.45) is 9.04. The topological polar surface area (TPSA) is 124 Å². The van der Waals surface area contributed by atoms with E-state index in [-0.39, 0.29) is 17.6 Å². The van der Waals surface area contributed by atoms with Crippen molar-refractivity contribution in [2.24, 2.45) is 5.92 Å². The normalized spacial score (nSPS) is 16.2. The number of nitrogens with zero attached hydrogens (tertiary/aromatic N) is 2. The van der Waals surface area contributed by atoms with Gasteiger partial charge in [-0.3, -0.25) is 14.6 Å². The van der Waals surface area contributed by atoms with Crippen LogP contribution < -0.4 is 10.9 Å². The van der Waals surface area contributed by atoms with Crippen LogP contribution in [-0.2, 0) is 0 Å². The molecule has 8 heteroatoms. The van der Waals surface area contributed by atoms with Gasteiger partial charge in [-0.2, -0.15) is 0 Å². The molecule has 1 aliphatic carbocycles. The maximum Gasteiger partial charge on any atom is 0.294 e. The summed E-state index contributed by atoms with van der Waals surface area (Å²) in [6, 6.07) is 3.56. The Morgan fingerprint density at radius 2 is 2.07 bits per heavy atom. The SMILES string of the molecule is C[C@H](NC(=O)c1nc(-c2nccc3[nH]ccc23)[nH]c(=O)c1O)C1CCCCC1. The van der Waals surface area contributed by atoms with E-state index in [0.717, 1.165) is 36.6 Å². The minimum atomic E-state index is -0.769. The Bertz CT molecular complexity index is 1070. The van der Waals surface area contributed by atoms with E-state index < -0.39 is 17.2 Å². The van der Waals surface area contributed by atoms with Crippen molar-refractivity contribution in [3.05, 3.63) is 40.6 Å². The van der Waals surface area contributed by atoms with Crippen molar-refractivity contribution in [2.45, 2.75) is 45.1 Å². The van der Waals surface area contributed by atoms with Crippen molar-refractivity contribution < 1.29 is 9.90 Å². The monoisotopic (exact) mass is 381 g/mol. The van der Waals surface area contributed by atoms with Gasteiger partial charge in [0.05, 0.1) is 0 Å². The van der Waals surface area contributed by atoms with Crippen LogP contribution in [0.3, 0.4) is 0 Å². The van der Waals surface area contributed by atoms with Crippen LogP contribution in [0, 0.1) is 5.92 Å². The number of aromatic hydroxyl groups is 1. The molecule has 4 N–H and O–H groups in total. The predicted octanol–water partition coefficient (Wildman–Crippen LogP) is 2.72. The molecule has 0 radical (unpaired) electrons. The highest BCUT2D eigenvalue weighted by atomic mass is 16.3. The number of fused-ring (bicyclic) bond motifs is 1. The number of rotatable bonds is 4. The first-order valence-electron chi connectivity index (χ1n) is 9.61. The molecule has 146 valence electrons. The number of aromatic amines is 2. The molecule has 3 aromatic heterocycles. The van der Waals surface area contributed by atoms with Crippen molar-refractivity contribution >= 4 is 16.8 Å². The van der Waals surface area contributed by atoms with Gasteiger partial charge >= 0.3 is 0 Å². The molecule has 3 heterocycles. The lowest BCUT2D eigenvalue weighted by molar-refractivity contribution is 0.0911. The molecule has 1 amide bonds. The molecule has 28 heavy (non-hydrogen) atoms. The van der Waals surface area contributed by atoms with Crippen LogP contribution in [0.25, 0.3) is 22.4 Å². The van der Waals surface area contributed by atoms with Crippen LogP contribution in [0.4, 0.5) is 0 Å². The Hall–Kier alpha value is -3.16. The maximum absolute atomic E-state index is 12.8. The Morgan fingerprint density at radius 1 is 1.29 bits per heavy atom. The largest absolute Gasteiger partial charge is 0.501 e. The lowest BCUT2D eigenvalue weighted by Gasteiger charge is -2.28. The standard InChI is InChI=1S/C20H23N5O3/c1-11(12-5-3-2-4-6-12)23-19(27)16-17(26)20(28)25-18(24-16)15-13-7-9-21-14(13)8-10-22-15/h7-12,21,26H,2-6H2,1H3,(H,23,27)(H,24,25,28)/t11-/m0/s1. The summed E-state index contributed by atoms with van der Waals surface area (Å²) in [5.74, 6) is -0.692. The Labute approximate surface area is 161 Å². The smallest absolute Gasteiger partial charge is 0.294 e. The summed E-state index contributed by atoms with van der Waals surface area (Å²) in [4.78, 5) is 39.1. The van der Waals surface area contributed by atoms with Gasteiger partial charge in [0.1, 0.15) is 5.69 Å². The third-order valence-corrected chi connectivity index (χ3v) is 5.53. The number of nitrogens with one attached hydrogen (secondary N) is 3. The van der Waals surface area contributed by atoms with Gasteiger partial charge < -0.3 is 20.4 Å². The van der Waals surface area contributed by atoms with Crippen molar-refractivity contribution in [3.63, 3.8) is 0 Å². The number of pyridine rings is 1. The van der Waals surface area contributed by atoms with E-state index in [9.17, 15) is 14.7 Å². The fourth-order valence-electron chi connectivity index (χ4n) is 3.94. The number of hydrogen-bond donors (Lipinski definition) is 4. The highest BCUT2D eigenvalue weighted by Gasteiger charge is 2.25. The van der Waals surface area contributed by atoms with Crippen LogP contribution in [0.2, 0.25) is 0 Å². The zero-order valence-corrected chi connectivity index (χ0v) is 15.7. The van der Waals surface area contributed by atoms with Gasteiger partial charge in [0.15, 0.2) is 11.5 Å². The first kappa shape index (κ1) is 18.2. The average Bonchev–Trinajstić information content (AvgIpc) is 3.19. The van der Waals surface area contributed by atoms with E-state index in [4.69, 9.17) is 0 Å². The van der Waals surface area contributed by atoms with Gasteiger partial charge in [-0.15, -0.1) is 0 Å². The highest BCUT2D eigenvalue weighted by molar-refractivity contribution is 5.96. The van der Waals surface area contributed by atoms with Gasteiger partial charge in [-0.05, 0) is 37.8 Å². The zero-order valence-electron chi connectivity index (χ0n) is 15.7. The molecular weight excluding hydrogens is 358 g/mol. The summed E-state index contributed by atoms with van der Waals surface area (Å²) in [7, 11) is 0. The molecule has 0 unspecified atom stereocenters. The van der Waals surface area contributed by atoms with Gasteiger partial charge in [0.2, 0.25) is 5.75 Å². The Balaban J connectivity index is 1.66. The molecule has 8 nitrogen and oxygen atoms in total. The first-order valence-corrected chi connectivity index (χ1v) is 9.61. The van der Waals surface area contributed by atoms with Crippen molar-refractivity contribution in [2.75, 3.05) is 0 Å². The van der Waals surface area contributed by atoms with E-state index in [1.54, 1.807) is 18.5 Å². The summed E-state index contributed by atoms with van der Waals surface area (Å²) in [5, 5.41) is 13.8. The van der Waals surface area contributed by atoms with E-state index in [2.05, 4.69) is 25.3 Å². The molecule has 4 rings (SSSR count). The highest BCUT2D eigenvalue weighted by Crippen LogP contribution is 2.27. The summed E-state index contributed by atoms with van der Waals surface area (Å²) in [6.45, 7) is 1.96. The minimum Gasteiger partial charge on any atom is -0.501 e. The van der Waals surface area contributed by atoms with Crippen molar-refractivity contribution in [1.29, 1.82) is 0 Å². The molecule has 1 aliphatic rings. The fraction of sp³-hybridized carbons (Fsp3) is 0.400. The number of hydrogen-bond acceptors (Lipinski definition) is 5. The summed E-state index contributed by atoms with van der Waals surface area (Å²) < 4.78 is 0. The number of H-pyrrole nitrogens is 2. The molecular formula is C20H23N5O3. The van der Waals surface area contributed by atoms with E-state index >= 15 is 0 Å². The van der Waals surface area contributed by atoms with Crippen molar-refractivity contribution in [1.82, 2.24) is 25.3 Å². The number of carbonyl (C=O) groups excluding carboxylic acids is 1. The quantitative estimate of drug-likeness (QED) is 0.553. The molecule has 1 atom stereocenters. The molecule has 0 spiro atoms. The van der Waals surface area contributed by atoms with Gasteiger partial charge in [-0.1, -0.05) is 19.3 Å². The van der Waals surface area contributed by atoms with E-state index in [0.29, 0.717) is 11.6 Å². The zero-order chi connectivity index (χ0) is 19.7. The lowest BCUT2D eigenvalue weighted by atomic mass is 9.84. The van der Waals surface area contributed by atoms with Crippen LogP contribution >= 0.6 is 0 Å². The summed E-state index contributed by atoms with van der Waals surface area (Å²) >= 11 is 0. The maximum atomic E-state index is 12.8. The lowest BCUT2D eigenvalue weighted by Crippen LogP contribution is -2.39. The molecule has 1 fully saturated rings. The Kier molecular flexibility index (Phi) is 4.85. The number of carbonyl (C=O) groups is 1. The second kappa shape index (κ2) is 7.46. The average molecular weight is 381 g/mol. The van der Waals surface area contributed by atoms with E-state index in [1.165, 1.54) is 6.42 Å². The minimum absolute atomic E-state index is 0.0528. The van der Waals surface area contributed by atoms with Crippen LogP contribution in [0.5, 0.6) is 5.75 Å². The van der Waals surface area contributed by atoms with E-state index in [1.807, 2.05) is 13.0 Å². The van der Waals surface area contributed by atoms with Gasteiger partial charge in [0.25, 0.3) is 11.5 Å². The fourth-order valence-corrected chi connectivity index (χ4v) is 3.94. The summed E-state index contributed by atoms with van der Waals surface area (Å²) in [5.41, 5.74) is 0.216. The van der Waals surface area contributed by atoms with Crippen LogP contribution in [0.15, 0.2) is 29.3 Å². The molecule has 1 saturated carbocycles. The van der Waals surface area contributed by atoms with Crippen LogP contribution in [0.1, 0.15) is 49.5 Å². The molecule has 0 aromatic carbocycles. The molecule has 0 saturated heterocycles. The molecule has 0 aliphatic heterocycles. The third kappa shape index (κ3) is 3.37. The molecule has 0 bridgehead atoms. The van der Waals surface area contributed by atoms with Crippen LogP contribution in [-0.4, -0.2) is 37.0 Å². The predicted molar refractivity (Wildman–Crippen MR) is 105 cm³/mol. The van der Waals surface area contributed by atoms with Gasteiger partial charge in [0, 0.05) is 29.3 Å². The third-order valence-electron chi connectivity index (χ3n) is 5.53. The second-order valence-electron chi connectivity index (χ2n) is 7.37. The van der Waals surface area contributed by atoms with Gasteiger partial charge in [-0.25, -0.2) is 4.98 Å². The first-order chi connectivity index (χ1) is 13.5. The number of amides is 1. The number of aromatic nitrogens is 4. The Morgan fingerprint density at radius 3 is 2.86 bits per heavy atom. The second-order valence-corrected chi connectivity index (χ2v) is 7.37. The molecule has 3 aromatic rings. The van der Waals surface area contributed by atoms with Crippen molar-refractivity contribution in [3.8, 4) is 17.3 Å².